The summed E-state index contributed by atoms with van der Waals surface area (Å²) in [6.07, 6.45) is 1.72. The van der Waals surface area contributed by atoms with Gasteiger partial charge in [0.2, 0.25) is 0 Å². The zero-order valence-corrected chi connectivity index (χ0v) is 8.12. The Morgan fingerprint density at radius 3 is 2.33 bits per heavy atom. The smallest absolute Gasteiger partial charge is 0.160 e. The van der Waals surface area contributed by atoms with Crippen molar-refractivity contribution in [2.45, 2.75) is 33.6 Å². The molecular formula is C8H18N2O2. The Labute approximate surface area is 73.7 Å². The molecule has 0 saturated carbocycles. The Bertz CT molecular complexity index is 137. The van der Waals surface area contributed by atoms with E-state index in [-0.39, 0.29) is 5.03 Å². The molecule has 0 saturated heterocycles. The summed E-state index contributed by atoms with van der Waals surface area (Å²) in [5.41, 5.74) is 0. The molecule has 0 aliphatic heterocycles. The molecular weight excluding hydrogens is 156 g/mol. The van der Waals surface area contributed by atoms with E-state index in [9.17, 15) is 10.1 Å². The zero-order valence-electron chi connectivity index (χ0n) is 8.12. The molecule has 0 fully saturated rings. The molecule has 0 aromatic rings. The lowest BCUT2D eigenvalue weighted by Crippen LogP contribution is -2.32. The minimum atomic E-state index is -0.300. The fourth-order valence-electron chi connectivity index (χ4n) is 0.940. The molecule has 0 unspecified atom stereocenters. The number of hydrogen-bond acceptors (Lipinski definition) is 2. The Balaban J connectivity index is 3.71. The van der Waals surface area contributed by atoms with Gasteiger partial charge in [0.05, 0.1) is 13.1 Å². The highest BCUT2D eigenvalue weighted by Crippen LogP contribution is 2.02. The van der Waals surface area contributed by atoms with E-state index in [2.05, 4.69) is 13.8 Å². The van der Waals surface area contributed by atoms with Gasteiger partial charge in [-0.15, -0.1) is 5.01 Å². The number of nitrogens with zero attached hydrogens (tertiary/aromatic N) is 2. The van der Waals surface area contributed by atoms with Crippen molar-refractivity contribution in [1.82, 2.24) is 5.01 Å². The molecule has 72 valence electrons. The van der Waals surface area contributed by atoms with Crippen molar-refractivity contribution >= 4 is 0 Å². The first-order valence-corrected chi connectivity index (χ1v) is 4.47. The normalized spacial score (nSPS) is 10.3. The summed E-state index contributed by atoms with van der Waals surface area (Å²) in [6.45, 7) is 7.22. The maximum Gasteiger partial charge on any atom is 0.160 e. The summed E-state index contributed by atoms with van der Waals surface area (Å²) in [5.74, 6) is 0.532. The second kappa shape index (κ2) is 5.80. The van der Waals surface area contributed by atoms with Crippen LogP contribution >= 0.6 is 0 Å². The van der Waals surface area contributed by atoms with Gasteiger partial charge in [-0.1, -0.05) is 20.8 Å². The third kappa shape index (κ3) is 4.93. The van der Waals surface area contributed by atoms with Crippen LogP contribution in [0.2, 0.25) is 0 Å². The van der Waals surface area contributed by atoms with Gasteiger partial charge in [-0.3, -0.25) is 0 Å². The largest absolute Gasteiger partial charge is 0.235 e. The monoisotopic (exact) mass is 174 g/mol. The Morgan fingerprint density at radius 1 is 1.42 bits per heavy atom. The van der Waals surface area contributed by atoms with Crippen LogP contribution in [-0.4, -0.2) is 23.1 Å². The number of rotatable bonds is 6. The summed E-state index contributed by atoms with van der Waals surface area (Å²) in [7, 11) is 0. The first-order chi connectivity index (χ1) is 5.57. The molecule has 0 aromatic heterocycles. The lowest BCUT2D eigenvalue weighted by molar-refractivity contribution is -0.655. The van der Waals surface area contributed by atoms with E-state index in [4.69, 9.17) is 0 Å². The van der Waals surface area contributed by atoms with Crippen LogP contribution in [0.1, 0.15) is 33.6 Å². The van der Waals surface area contributed by atoms with Gasteiger partial charge < -0.3 is 0 Å². The van der Waals surface area contributed by atoms with Crippen molar-refractivity contribution in [1.29, 1.82) is 0 Å². The Morgan fingerprint density at radius 2 is 2.00 bits per heavy atom. The quantitative estimate of drug-likeness (QED) is 0.456. The molecule has 0 aromatic carbocycles. The summed E-state index contributed by atoms with van der Waals surface area (Å²) < 4.78 is 0. The SMILES string of the molecule is CCCN(CCC(C)C)[N+](=O)[O-]. The molecule has 0 amide bonds. The highest BCUT2D eigenvalue weighted by Gasteiger charge is 2.12. The highest BCUT2D eigenvalue weighted by atomic mass is 16.7. The molecule has 0 N–H and O–H groups in total. The van der Waals surface area contributed by atoms with Crippen molar-refractivity contribution in [3.05, 3.63) is 10.1 Å². The lowest BCUT2D eigenvalue weighted by Gasteiger charge is -2.13. The predicted octanol–water partition coefficient (Wildman–Crippen LogP) is 1.94. The van der Waals surface area contributed by atoms with E-state index >= 15 is 0 Å². The van der Waals surface area contributed by atoms with E-state index in [0.717, 1.165) is 12.8 Å². The average molecular weight is 174 g/mol. The lowest BCUT2D eigenvalue weighted by atomic mass is 10.1. The molecule has 0 spiro atoms. The fourth-order valence-corrected chi connectivity index (χ4v) is 0.940. The van der Waals surface area contributed by atoms with Gasteiger partial charge in [0.15, 0.2) is 5.03 Å². The van der Waals surface area contributed by atoms with Crippen LogP contribution in [0.4, 0.5) is 0 Å². The molecule has 0 bridgehead atoms. The van der Waals surface area contributed by atoms with Crippen molar-refractivity contribution in [3.63, 3.8) is 0 Å². The van der Waals surface area contributed by atoms with Gasteiger partial charge in [-0.05, 0) is 18.8 Å². The van der Waals surface area contributed by atoms with Crippen LogP contribution in [0.25, 0.3) is 0 Å². The predicted molar refractivity (Wildman–Crippen MR) is 48.3 cm³/mol. The topological polar surface area (TPSA) is 46.4 Å². The molecule has 0 aliphatic rings. The molecule has 0 rings (SSSR count). The summed E-state index contributed by atoms with van der Waals surface area (Å²) in [5, 5.41) is 11.4. The van der Waals surface area contributed by atoms with Gasteiger partial charge in [0.1, 0.15) is 0 Å². The molecule has 0 heterocycles. The maximum absolute atomic E-state index is 10.4. The van der Waals surface area contributed by atoms with Crippen molar-refractivity contribution < 1.29 is 5.03 Å². The van der Waals surface area contributed by atoms with Gasteiger partial charge in [0, 0.05) is 0 Å². The van der Waals surface area contributed by atoms with Gasteiger partial charge in [-0.25, -0.2) is 10.1 Å². The summed E-state index contributed by atoms with van der Waals surface area (Å²) in [6, 6.07) is 0. The van der Waals surface area contributed by atoms with Crippen LogP contribution in [0.3, 0.4) is 0 Å². The van der Waals surface area contributed by atoms with Crippen LogP contribution in [0.15, 0.2) is 0 Å². The molecule has 4 heteroatoms. The number of nitro groups is 1. The van der Waals surface area contributed by atoms with Crippen molar-refractivity contribution in [2.75, 3.05) is 13.1 Å². The van der Waals surface area contributed by atoms with E-state index in [0.29, 0.717) is 19.0 Å². The minimum absolute atomic E-state index is 0.300. The van der Waals surface area contributed by atoms with Crippen LogP contribution in [0.5, 0.6) is 0 Å². The molecule has 4 nitrogen and oxygen atoms in total. The fraction of sp³-hybridized carbons (Fsp3) is 1.00. The van der Waals surface area contributed by atoms with E-state index < -0.39 is 0 Å². The molecule has 12 heavy (non-hydrogen) atoms. The Hall–Kier alpha value is -0.800. The highest BCUT2D eigenvalue weighted by molar-refractivity contribution is 4.49. The third-order valence-electron chi connectivity index (χ3n) is 1.68. The van der Waals surface area contributed by atoms with Crippen LogP contribution in [-0.2, 0) is 0 Å². The number of hydrogen-bond donors (Lipinski definition) is 0. The molecule has 0 atom stereocenters. The summed E-state index contributed by atoms with van der Waals surface area (Å²) >= 11 is 0. The maximum atomic E-state index is 10.4. The third-order valence-corrected chi connectivity index (χ3v) is 1.68. The molecule has 0 aliphatic carbocycles. The molecule has 0 radical (unpaired) electrons. The van der Waals surface area contributed by atoms with E-state index in [1.807, 2.05) is 6.92 Å². The summed E-state index contributed by atoms with van der Waals surface area (Å²) in [4.78, 5) is 10.4. The van der Waals surface area contributed by atoms with Gasteiger partial charge in [0.25, 0.3) is 0 Å². The first-order valence-electron chi connectivity index (χ1n) is 4.47. The van der Waals surface area contributed by atoms with Gasteiger partial charge in [-0.2, -0.15) is 0 Å². The van der Waals surface area contributed by atoms with E-state index in [1.54, 1.807) is 0 Å². The van der Waals surface area contributed by atoms with Gasteiger partial charge >= 0.3 is 0 Å². The standard InChI is InChI=1S/C8H18N2O2/c1-4-6-9(10(11)12)7-5-8(2)3/h8H,4-7H2,1-3H3. The second-order valence-electron chi connectivity index (χ2n) is 3.37. The van der Waals surface area contributed by atoms with Crippen LogP contribution in [0, 0.1) is 16.0 Å². The zero-order chi connectivity index (χ0) is 9.56. The Kier molecular flexibility index (Phi) is 5.41. The van der Waals surface area contributed by atoms with Crippen molar-refractivity contribution in [2.24, 2.45) is 5.92 Å². The van der Waals surface area contributed by atoms with E-state index in [1.165, 1.54) is 5.01 Å². The average Bonchev–Trinajstić information content (AvgIpc) is 1.96. The second-order valence-corrected chi connectivity index (χ2v) is 3.37. The minimum Gasteiger partial charge on any atom is -0.235 e. The van der Waals surface area contributed by atoms with Crippen LogP contribution < -0.4 is 0 Å². The first kappa shape index (κ1) is 11.2. The number of hydrazine groups is 1. The van der Waals surface area contributed by atoms with Crippen molar-refractivity contribution in [3.8, 4) is 0 Å².